The predicted octanol–water partition coefficient (Wildman–Crippen LogP) is 5.59. The Morgan fingerprint density at radius 1 is 0.867 bits per heavy atom. The fourth-order valence-electron chi connectivity index (χ4n) is 3.38. The van der Waals surface area contributed by atoms with Crippen LogP contribution in [0.4, 0.5) is 0 Å². The van der Waals surface area contributed by atoms with Gasteiger partial charge in [-0.3, -0.25) is 0 Å². The van der Waals surface area contributed by atoms with Gasteiger partial charge in [-0.25, -0.2) is 4.79 Å². The maximum absolute atomic E-state index is 13.3. The summed E-state index contributed by atoms with van der Waals surface area (Å²) >= 11 is 0. The molecule has 3 heteroatoms. The fourth-order valence-corrected chi connectivity index (χ4v) is 5.82. The van der Waals surface area contributed by atoms with Gasteiger partial charge in [0.15, 0.2) is 0 Å². The van der Waals surface area contributed by atoms with Gasteiger partial charge in [0.05, 0.1) is 5.56 Å². The van der Waals surface area contributed by atoms with E-state index in [2.05, 4.69) is 75.0 Å². The average Bonchev–Trinajstić information content (AvgIpc) is 2.75. The first-order chi connectivity index (χ1) is 14.5. The Kier molecular flexibility index (Phi) is 7.60. The molecule has 0 saturated heterocycles. The Morgan fingerprint density at radius 2 is 1.37 bits per heavy atom. The van der Waals surface area contributed by atoms with Crippen molar-refractivity contribution in [1.29, 1.82) is 0 Å². The second kappa shape index (κ2) is 10.4. The van der Waals surface area contributed by atoms with Gasteiger partial charge < -0.3 is 4.74 Å². The summed E-state index contributed by atoms with van der Waals surface area (Å²) in [6.07, 6.45) is 0.500. The van der Waals surface area contributed by atoms with Crippen molar-refractivity contribution < 1.29 is 9.53 Å². The Hall–Kier alpha value is -2.70. The molecule has 0 radical (unpaired) electrons. The molecule has 0 N–H and O–H groups in total. The molecule has 30 heavy (non-hydrogen) atoms. The maximum Gasteiger partial charge on any atom is 0.339 e. The smallest absolute Gasteiger partial charge is 0.339 e. The van der Waals surface area contributed by atoms with E-state index in [-0.39, 0.29) is 18.0 Å². The minimum absolute atomic E-state index is 0.178. The molecule has 1 unspecified atom stereocenters. The molecule has 0 amide bonds. The second-order valence-electron chi connectivity index (χ2n) is 7.87. The third kappa shape index (κ3) is 5.46. The third-order valence-electron chi connectivity index (χ3n) is 4.95. The minimum Gasteiger partial charge on any atom is -0.458 e. The summed E-state index contributed by atoms with van der Waals surface area (Å²) in [6.45, 7) is 10.1. The lowest BCUT2D eigenvalue weighted by Crippen LogP contribution is -2.29. The molecule has 3 rings (SSSR count). The molecule has 2 nitrogen and oxygen atoms in total. The molecular weight excluding hydrogens is 387 g/mol. The van der Waals surface area contributed by atoms with Gasteiger partial charge >= 0.3 is 5.97 Å². The molecule has 3 aromatic carbocycles. The van der Waals surface area contributed by atoms with Gasteiger partial charge in [0.1, 0.15) is 6.10 Å². The van der Waals surface area contributed by atoms with Crippen molar-refractivity contribution in [1.82, 2.24) is 0 Å². The monoisotopic (exact) mass is 416 g/mol. The normalized spacial score (nSPS) is 12.0. The van der Waals surface area contributed by atoms with Crippen molar-refractivity contribution in [2.45, 2.75) is 33.3 Å². The number of carbonyl (C=O) groups is 1. The number of ether oxygens (including phenoxy) is 1. The lowest BCUT2D eigenvalue weighted by Gasteiger charge is -2.24. The molecule has 3 aromatic rings. The number of hydrogen-bond donors (Lipinski definition) is 0. The van der Waals surface area contributed by atoms with Gasteiger partial charge in [-0.05, 0) is 42.7 Å². The van der Waals surface area contributed by atoms with Crippen molar-refractivity contribution in [2.24, 2.45) is 5.92 Å². The van der Waals surface area contributed by atoms with Crippen LogP contribution in [-0.4, -0.2) is 12.1 Å². The van der Waals surface area contributed by atoms with E-state index in [0.717, 1.165) is 10.9 Å². The van der Waals surface area contributed by atoms with E-state index in [0.29, 0.717) is 12.0 Å². The second-order valence-corrected chi connectivity index (χ2v) is 10.1. The average molecular weight is 417 g/mol. The highest BCUT2D eigenvalue weighted by Gasteiger charge is 2.25. The molecule has 0 fully saturated rings. The van der Waals surface area contributed by atoms with E-state index in [1.165, 1.54) is 10.6 Å². The number of rotatable bonds is 8. The lowest BCUT2D eigenvalue weighted by atomic mass is 10.0. The Bertz CT molecular complexity index is 941. The van der Waals surface area contributed by atoms with Gasteiger partial charge in [0.25, 0.3) is 0 Å². The summed E-state index contributed by atoms with van der Waals surface area (Å²) in [5.74, 6) is -0.0347. The van der Waals surface area contributed by atoms with Gasteiger partial charge in [-0.2, -0.15) is 0 Å². The lowest BCUT2D eigenvalue weighted by molar-refractivity contribution is 0.0188. The summed E-state index contributed by atoms with van der Waals surface area (Å²) in [5.41, 5.74) is 1.66. The zero-order valence-corrected chi connectivity index (χ0v) is 18.8. The number of esters is 1. The molecule has 154 valence electrons. The Labute approximate surface area is 181 Å². The van der Waals surface area contributed by atoms with Crippen LogP contribution in [0.1, 0.15) is 37.6 Å². The van der Waals surface area contributed by atoms with Crippen molar-refractivity contribution in [2.75, 3.05) is 0 Å². The highest BCUT2D eigenvalue weighted by molar-refractivity contribution is 7.80. The summed E-state index contributed by atoms with van der Waals surface area (Å²) < 4.78 is 5.98. The summed E-state index contributed by atoms with van der Waals surface area (Å²) in [7, 11) is -0.875. The van der Waals surface area contributed by atoms with Crippen LogP contribution in [0.15, 0.2) is 97.1 Å². The van der Waals surface area contributed by atoms with Crippen LogP contribution < -0.4 is 15.9 Å². The highest BCUT2D eigenvalue weighted by atomic mass is 31.1. The molecule has 0 aromatic heterocycles. The number of carbonyl (C=O) groups excluding carboxylic acids is 1. The van der Waals surface area contributed by atoms with Crippen LogP contribution in [0.2, 0.25) is 0 Å². The first kappa shape index (κ1) is 22.0. The van der Waals surface area contributed by atoms with Gasteiger partial charge in [-0.15, -0.1) is 6.58 Å². The van der Waals surface area contributed by atoms with E-state index in [9.17, 15) is 4.79 Å². The van der Waals surface area contributed by atoms with E-state index < -0.39 is 7.92 Å². The number of benzene rings is 3. The van der Waals surface area contributed by atoms with Gasteiger partial charge in [-0.1, -0.05) is 98.3 Å². The molecule has 0 aliphatic heterocycles. The zero-order valence-electron chi connectivity index (χ0n) is 17.9. The van der Waals surface area contributed by atoms with Crippen molar-refractivity contribution >= 4 is 29.8 Å². The van der Waals surface area contributed by atoms with Crippen LogP contribution >= 0.6 is 7.92 Å². The van der Waals surface area contributed by atoms with Gasteiger partial charge in [0, 0.05) is 6.42 Å². The van der Waals surface area contributed by atoms with Crippen molar-refractivity contribution in [3.05, 3.63) is 103 Å². The molecule has 0 aliphatic rings. The highest BCUT2D eigenvalue weighted by Crippen LogP contribution is 2.34. The van der Waals surface area contributed by atoms with E-state index in [1.54, 1.807) is 0 Å². The van der Waals surface area contributed by atoms with E-state index in [1.807, 2.05) is 37.3 Å². The van der Waals surface area contributed by atoms with Crippen LogP contribution in [0, 0.1) is 5.92 Å². The molecule has 0 bridgehead atoms. The topological polar surface area (TPSA) is 26.3 Å². The molecule has 0 aliphatic carbocycles. The van der Waals surface area contributed by atoms with Crippen molar-refractivity contribution in [3.8, 4) is 0 Å². The first-order valence-corrected chi connectivity index (χ1v) is 11.7. The van der Waals surface area contributed by atoms with Gasteiger partial charge in [0.2, 0.25) is 0 Å². The molecule has 0 heterocycles. The molecule has 0 spiro atoms. The fraction of sp³-hybridized carbons (Fsp3) is 0.222. The Balaban J connectivity index is 2.03. The first-order valence-electron chi connectivity index (χ1n) is 10.3. The largest absolute Gasteiger partial charge is 0.458 e. The number of hydrogen-bond acceptors (Lipinski definition) is 2. The van der Waals surface area contributed by atoms with Crippen molar-refractivity contribution in [3.63, 3.8) is 0 Å². The summed E-state index contributed by atoms with van der Waals surface area (Å²) in [6, 6.07) is 28.7. The Morgan fingerprint density at radius 3 is 1.87 bits per heavy atom. The summed E-state index contributed by atoms with van der Waals surface area (Å²) in [5, 5.41) is 3.44. The maximum atomic E-state index is 13.3. The standard InChI is InChI=1S/C27H29O2P/c1-20(2)19-25(21(3)4)29-27(28)24-17-11-12-18-26(24)30(22-13-7-5-8-14-22)23-15-9-6-10-16-23/h5-18,21,25H,1,19H2,2-4H3. The SMILES string of the molecule is C=C(C)CC(OC(=O)c1ccccc1P(c1ccccc1)c1ccccc1)C(C)C. The molecule has 1 atom stereocenters. The van der Waals surface area contributed by atoms with E-state index in [4.69, 9.17) is 4.74 Å². The quantitative estimate of drug-likeness (QED) is 0.272. The van der Waals surface area contributed by atoms with Crippen LogP contribution in [-0.2, 0) is 4.74 Å². The molecular formula is C27H29O2P. The minimum atomic E-state index is -0.875. The third-order valence-corrected chi connectivity index (χ3v) is 7.45. The van der Waals surface area contributed by atoms with Crippen LogP contribution in [0.25, 0.3) is 0 Å². The van der Waals surface area contributed by atoms with E-state index >= 15 is 0 Å². The van der Waals surface area contributed by atoms with Crippen LogP contribution in [0.5, 0.6) is 0 Å². The summed E-state index contributed by atoms with van der Waals surface area (Å²) in [4.78, 5) is 13.3. The molecule has 0 saturated carbocycles. The van der Waals surface area contributed by atoms with Crippen LogP contribution in [0.3, 0.4) is 0 Å². The zero-order chi connectivity index (χ0) is 21.5. The predicted molar refractivity (Wildman–Crippen MR) is 129 cm³/mol.